The van der Waals surface area contributed by atoms with Crippen molar-refractivity contribution in [1.82, 2.24) is 5.32 Å². The molecular formula is C13H18FNO3. The fourth-order valence-electron chi connectivity index (χ4n) is 1.28. The van der Waals surface area contributed by atoms with Gasteiger partial charge in [0.1, 0.15) is 11.6 Å². The third-order valence-corrected chi connectivity index (χ3v) is 2.66. The van der Waals surface area contributed by atoms with Crippen LogP contribution in [0.15, 0.2) is 18.2 Å². The van der Waals surface area contributed by atoms with E-state index >= 15 is 0 Å². The maximum Gasteiger partial charge on any atom is 0.255 e. The number of nitrogens with one attached hydrogen (secondary N) is 1. The minimum absolute atomic E-state index is 0.0400. The number of phenolic OH excluding ortho intramolecular Hbond substituents is 1. The Balaban J connectivity index is 2.69. The monoisotopic (exact) mass is 255 g/mol. The number of aliphatic hydroxyl groups is 1. The second-order valence-electron chi connectivity index (χ2n) is 5.25. The Bertz CT molecular complexity index is 440. The fourth-order valence-corrected chi connectivity index (χ4v) is 1.28. The first-order valence-corrected chi connectivity index (χ1v) is 5.66. The molecule has 0 aliphatic carbocycles. The van der Waals surface area contributed by atoms with Gasteiger partial charge in [0.15, 0.2) is 0 Å². The lowest BCUT2D eigenvalue weighted by Gasteiger charge is -2.25. The number of hydrogen-bond acceptors (Lipinski definition) is 3. The number of hydrogen-bond donors (Lipinski definition) is 3. The molecule has 0 spiro atoms. The van der Waals surface area contributed by atoms with Crippen LogP contribution in [0.1, 0.15) is 31.1 Å². The van der Waals surface area contributed by atoms with E-state index in [4.69, 9.17) is 0 Å². The van der Waals surface area contributed by atoms with Crippen LogP contribution in [0.2, 0.25) is 0 Å². The van der Waals surface area contributed by atoms with Crippen molar-refractivity contribution in [3.8, 4) is 5.75 Å². The van der Waals surface area contributed by atoms with Crippen LogP contribution >= 0.6 is 0 Å². The molecule has 0 saturated heterocycles. The number of amides is 1. The van der Waals surface area contributed by atoms with E-state index in [1.54, 1.807) is 0 Å². The summed E-state index contributed by atoms with van der Waals surface area (Å²) in [5, 5.41) is 21.7. The van der Waals surface area contributed by atoms with E-state index in [0.717, 1.165) is 18.2 Å². The van der Waals surface area contributed by atoms with Gasteiger partial charge in [-0.25, -0.2) is 4.39 Å². The predicted molar refractivity (Wildman–Crippen MR) is 65.9 cm³/mol. The van der Waals surface area contributed by atoms with Gasteiger partial charge in [-0.15, -0.1) is 0 Å². The summed E-state index contributed by atoms with van der Waals surface area (Å²) in [6.45, 7) is 5.55. The average Bonchev–Trinajstić information content (AvgIpc) is 2.27. The smallest absolute Gasteiger partial charge is 0.255 e. The Morgan fingerprint density at radius 1 is 1.44 bits per heavy atom. The van der Waals surface area contributed by atoms with Crippen LogP contribution in [0.5, 0.6) is 5.75 Å². The Labute approximate surface area is 105 Å². The van der Waals surface area contributed by atoms with Crippen LogP contribution in [0.4, 0.5) is 4.39 Å². The van der Waals surface area contributed by atoms with Crippen LogP contribution in [0, 0.1) is 11.2 Å². The van der Waals surface area contributed by atoms with Gasteiger partial charge in [-0.3, -0.25) is 4.79 Å². The highest BCUT2D eigenvalue weighted by Gasteiger charge is 2.23. The van der Waals surface area contributed by atoms with Crippen LogP contribution in [-0.2, 0) is 0 Å². The van der Waals surface area contributed by atoms with Gasteiger partial charge in [0.2, 0.25) is 0 Å². The number of phenols is 1. The van der Waals surface area contributed by atoms with E-state index in [0.29, 0.717) is 0 Å². The number of rotatable bonds is 3. The van der Waals surface area contributed by atoms with Gasteiger partial charge in [0, 0.05) is 6.54 Å². The minimum Gasteiger partial charge on any atom is -0.507 e. The summed E-state index contributed by atoms with van der Waals surface area (Å²) < 4.78 is 13.0. The normalized spacial score (nSPS) is 13.2. The average molecular weight is 255 g/mol. The van der Waals surface area contributed by atoms with Crippen molar-refractivity contribution in [2.75, 3.05) is 6.54 Å². The highest BCUT2D eigenvalue weighted by Crippen LogP contribution is 2.20. The van der Waals surface area contributed by atoms with Crippen LogP contribution in [0.25, 0.3) is 0 Å². The van der Waals surface area contributed by atoms with E-state index in [1.165, 1.54) is 0 Å². The molecule has 3 N–H and O–H groups in total. The summed E-state index contributed by atoms with van der Waals surface area (Å²) in [4.78, 5) is 11.7. The SMILES string of the molecule is CC(C)(C)C(O)CNC(=O)c1cc(F)ccc1O. The molecule has 0 saturated carbocycles. The fraction of sp³-hybridized carbons (Fsp3) is 0.462. The molecule has 100 valence electrons. The summed E-state index contributed by atoms with van der Waals surface area (Å²) in [7, 11) is 0. The van der Waals surface area contributed by atoms with Crippen molar-refractivity contribution in [1.29, 1.82) is 0 Å². The van der Waals surface area contributed by atoms with Gasteiger partial charge in [-0.05, 0) is 23.6 Å². The Kier molecular flexibility index (Phi) is 4.29. The van der Waals surface area contributed by atoms with Crippen LogP contribution in [0.3, 0.4) is 0 Å². The van der Waals surface area contributed by atoms with Crippen molar-refractivity contribution in [3.63, 3.8) is 0 Å². The van der Waals surface area contributed by atoms with Gasteiger partial charge < -0.3 is 15.5 Å². The van der Waals surface area contributed by atoms with E-state index < -0.39 is 17.8 Å². The lowest BCUT2D eigenvalue weighted by atomic mass is 9.89. The first-order valence-electron chi connectivity index (χ1n) is 5.66. The molecule has 1 aromatic rings. The second-order valence-corrected chi connectivity index (χ2v) is 5.25. The molecule has 0 radical (unpaired) electrons. The molecule has 1 rings (SSSR count). The maximum absolute atomic E-state index is 13.0. The van der Waals surface area contributed by atoms with Crippen molar-refractivity contribution in [3.05, 3.63) is 29.6 Å². The number of carbonyl (C=O) groups excluding carboxylic acids is 1. The summed E-state index contributed by atoms with van der Waals surface area (Å²) in [6.07, 6.45) is -0.725. The minimum atomic E-state index is -0.725. The first-order chi connectivity index (χ1) is 8.21. The number of halogens is 1. The molecule has 4 nitrogen and oxygen atoms in total. The quantitative estimate of drug-likeness (QED) is 0.769. The van der Waals surface area contributed by atoms with Crippen LogP contribution < -0.4 is 5.32 Å². The zero-order chi connectivity index (χ0) is 13.9. The standard InChI is InChI=1S/C13H18FNO3/c1-13(2,3)11(17)7-15-12(18)9-6-8(14)4-5-10(9)16/h4-6,11,16-17H,7H2,1-3H3,(H,15,18). The number of aromatic hydroxyl groups is 1. The largest absolute Gasteiger partial charge is 0.507 e. The number of benzene rings is 1. The lowest BCUT2D eigenvalue weighted by Crippen LogP contribution is -2.39. The summed E-state index contributed by atoms with van der Waals surface area (Å²) in [6, 6.07) is 3.13. The molecule has 0 aromatic heterocycles. The zero-order valence-electron chi connectivity index (χ0n) is 10.7. The van der Waals surface area contributed by atoms with E-state index in [-0.39, 0.29) is 23.3 Å². The molecule has 18 heavy (non-hydrogen) atoms. The van der Waals surface area contributed by atoms with E-state index in [9.17, 15) is 19.4 Å². The molecule has 0 bridgehead atoms. The maximum atomic E-state index is 13.0. The lowest BCUT2D eigenvalue weighted by molar-refractivity contribution is 0.0586. The van der Waals surface area contributed by atoms with Gasteiger partial charge >= 0.3 is 0 Å². The predicted octanol–water partition coefficient (Wildman–Crippen LogP) is 1.67. The summed E-state index contributed by atoms with van der Waals surface area (Å²) in [5.41, 5.74) is -0.506. The summed E-state index contributed by atoms with van der Waals surface area (Å²) >= 11 is 0. The van der Waals surface area contributed by atoms with Gasteiger partial charge in [0.25, 0.3) is 5.91 Å². The van der Waals surface area contributed by atoms with Crippen molar-refractivity contribution >= 4 is 5.91 Å². The highest BCUT2D eigenvalue weighted by atomic mass is 19.1. The van der Waals surface area contributed by atoms with E-state index in [2.05, 4.69) is 5.32 Å². The molecule has 5 heteroatoms. The Morgan fingerprint density at radius 2 is 2.06 bits per heavy atom. The topological polar surface area (TPSA) is 69.6 Å². The molecule has 0 heterocycles. The molecule has 0 aliphatic rings. The third kappa shape index (κ3) is 3.70. The molecule has 1 unspecified atom stereocenters. The summed E-state index contributed by atoms with van der Waals surface area (Å²) in [5.74, 6) is -1.51. The second kappa shape index (κ2) is 5.35. The molecule has 0 fully saturated rings. The van der Waals surface area contributed by atoms with Crippen molar-refractivity contribution in [2.45, 2.75) is 26.9 Å². The first kappa shape index (κ1) is 14.4. The van der Waals surface area contributed by atoms with Crippen molar-refractivity contribution < 1.29 is 19.4 Å². The highest BCUT2D eigenvalue weighted by molar-refractivity contribution is 5.96. The van der Waals surface area contributed by atoms with Crippen LogP contribution in [-0.4, -0.2) is 28.8 Å². The van der Waals surface area contributed by atoms with Gasteiger partial charge in [0.05, 0.1) is 11.7 Å². The van der Waals surface area contributed by atoms with Crippen molar-refractivity contribution in [2.24, 2.45) is 5.41 Å². The molecule has 1 aromatic carbocycles. The Morgan fingerprint density at radius 3 is 2.61 bits per heavy atom. The number of aliphatic hydroxyl groups excluding tert-OH is 1. The third-order valence-electron chi connectivity index (χ3n) is 2.66. The zero-order valence-corrected chi connectivity index (χ0v) is 10.7. The molecule has 0 aliphatic heterocycles. The van der Waals surface area contributed by atoms with E-state index in [1.807, 2.05) is 20.8 Å². The molecular weight excluding hydrogens is 237 g/mol. The number of carbonyl (C=O) groups is 1. The van der Waals surface area contributed by atoms with Gasteiger partial charge in [-0.2, -0.15) is 0 Å². The molecule has 1 amide bonds. The molecule has 1 atom stereocenters. The Hall–Kier alpha value is -1.62. The van der Waals surface area contributed by atoms with Gasteiger partial charge in [-0.1, -0.05) is 20.8 Å².